The van der Waals surface area contributed by atoms with Gasteiger partial charge in [0.1, 0.15) is 35.3 Å². The summed E-state index contributed by atoms with van der Waals surface area (Å²) < 4.78 is 34.8. The third-order valence-electron chi connectivity index (χ3n) is 12.7. The first kappa shape index (κ1) is 48.8. The number of carbonyl (C=O) groups is 4. The third-order valence-corrected chi connectivity index (χ3v) is 12.7. The number of nitrogens with one attached hydrogen (secondary N) is 4. The van der Waals surface area contributed by atoms with Crippen molar-refractivity contribution in [2.75, 3.05) is 74.5 Å². The standard InChI is InChI=1S/C50H59F2N11O5/c1-2-68-39-28-40(47(57-32-39)35(29-53)30-54)34-11-15-44(56-31-34)62-20-17-50(18-21-62,60-48(66)41-26-36(51)12-13-42(41)52)33-61-22-24-63(25-23-61)46(65)10-5-3-4-6-19-55-37-8-7-9-38(27-37)58-43-14-16-45(64)59-49(43)67/h7-9,11-13,15,26-29,31-32,43,55,58H,2-6,10,14,16-25,33,53H2,1H3,(H,60,66)(H,59,64,67). The molecule has 68 heavy (non-hydrogen) atoms. The van der Waals surface area contributed by atoms with Gasteiger partial charge in [-0.2, -0.15) is 5.26 Å². The summed E-state index contributed by atoms with van der Waals surface area (Å²) in [4.78, 5) is 66.0. The molecular weight excluding hydrogens is 873 g/mol. The van der Waals surface area contributed by atoms with Crippen molar-refractivity contribution in [2.45, 2.75) is 76.3 Å². The van der Waals surface area contributed by atoms with E-state index in [4.69, 9.17) is 15.5 Å². The molecule has 6 N–H and O–H groups in total. The summed E-state index contributed by atoms with van der Waals surface area (Å²) in [6.07, 6.45) is 10.3. The fraction of sp³-hybridized carbons (Fsp3) is 0.420. The quantitative estimate of drug-likeness (QED) is 0.0426. The number of hydrogen-bond donors (Lipinski definition) is 5. The largest absolute Gasteiger partial charge is 0.492 e. The van der Waals surface area contributed by atoms with Gasteiger partial charge in [0.25, 0.3) is 5.91 Å². The Balaban J connectivity index is 0.892. The number of carbonyl (C=O) groups excluding carboxylic acids is 4. The molecule has 4 aromatic rings. The molecule has 0 spiro atoms. The number of unbranched alkanes of at least 4 members (excludes halogenated alkanes) is 3. The van der Waals surface area contributed by atoms with Crippen molar-refractivity contribution in [3.63, 3.8) is 0 Å². The summed E-state index contributed by atoms with van der Waals surface area (Å²) in [6, 6.07) is 17.8. The Bertz CT molecular complexity index is 2500. The first-order chi connectivity index (χ1) is 33.0. The average molecular weight is 932 g/mol. The molecule has 0 bridgehead atoms. The smallest absolute Gasteiger partial charge is 0.254 e. The Morgan fingerprint density at radius 1 is 0.956 bits per heavy atom. The number of piperidine rings is 2. The fourth-order valence-corrected chi connectivity index (χ4v) is 8.97. The second-order valence-corrected chi connectivity index (χ2v) is 17.4. The number of pyridine rings is 2. The minimum Gasteiger partial charge on any atom is -0.492 e. The summed E-state index contributed by atoms with van der Waals surface area (Å²) in [5.41, 5.74) is 8.34. The fourth-order valence-electron chi connectivity index (χ4n) is 8.97. The highest BCUT2D eigenvalue weighted by atomic mass is 19.1. The normalized spacial score (nSPS) is 17.5. The summed E-state index contributed by atoms with van der Waals surface area (Å²) >= 11 is 0. The number of hydrogen-bond acceptors (Lipinski definition) is 13. The summed E-state index contributed by atoms with van der Waals surface area (Å²) in [7, 11) is 0. The van der Waals surface area contributed by atoms with Crippen LogP contribution in [0.25, 0.3) is 16.7 Å². The van der Waals surface area contributed by atoms with Crippen molar-refractivity contribution in [2.24, 2.45) is 5.73 Å². The number of halogens is 2. The first-order valence-electron chi connectivity index (χ1n) is 23.3. The minimum atomic E-state index is -0.803. The van der Waals surface area contributed by atoms with E-state index in [1.807, 2.05) is 48.2 Å². The Hall–Kier alpha value is -7.13. The Morgan fingerprint density at radius 3 is 2.46 bits per heavy atom. The van der Waals surface area contributed by atoms with Crippen molar-refractivity contribution in [1.29, 1.82) is 5.26 Å². The van der Waals surface area contributed by atoms with Crippen LogP contribution in [0.4, 0.5) is 26.0 Å². The summed E-state index contributed by atoms with van der Waals surface area (Å²) in [5, 5.41) is 21.8. The molecule has 16 nitrogen and oxygen atoms in total. The van der Waals surface area contributed by atoms with Crippen LogP contribution in [0.3, 0.4) is 0 Å². The van der Waals surface area contributed by atoms with E-state index in [1.54, 1.807) is 18.5 Å². The van der Waals surface area contributed by atoms with E-state index in [-0.39, 0.29) is 28.9 Å². The molecular formula is C50H59F2N11O5. The van der Waals surface area contributed by atoms with Gasteiger partial charge in [-0.25, -0.2) is 13.8 Å². The van der Waals surface area contributed by atoms with Crippen molar-refractivity contribution in [3.8, 4) is 22.9 Å². The maximum absolute atomic E-state index is 14.9. The average Bonchev–Trinajstić information content (AvgIpc) is 3.34. The Morgan fingerprint density at radius 2 is 1.74 bits per heavy atom. The van der Waals surface area contributed by atoms with Crippen molar-refractivity contribution in [1.82, 2.24) is 30.4 Å². The van der Waals surface area contributed by atoms with Gasteiger partial charge < -0.3 is 36.2 Å². The van der Waals surface area contributed by atoms with Crippen molar-refractivity contribution < 1.29 is 32.7 Å². The second-order valence-electron chi connectivity index (χ2n) is 17.4. The number of nitriles is 1. The predicted molar refractivity (Wildman–Crippen MR) is 255 cm³/mol. The molecule has 3 saturated heterocycles. The lowest BCUT2D eigenvalue weighted by Gasteiger charge is -2.46. The number of aromatic nitrogens is 2. The predicted octanol–water partition coefficient (Wildman–Crippen LogP) is 5.84. The van der Waals surface area contributed by atoms with E-state index in [9.17, 15) is 33.2 Å². The zero-order chi connectivity index (χ0) is 48.0. The van der Waals surface area contributed by atoms with Gasteiger partial charge in [0.15, 0.2) is 0 Å². The molecule has 1 unspecified atom stereocenters. The molecule has 0 radical (unpaired) electrons. The third kappa shape index (κ3) is 12.6. The monoisotopic (exact) mass is 931 g/mol. The number of anilines is 3. The summed E-state index contributed by atoms with van der Waals surface area (Å²) in [6.45, 7) is 6.89. The molecule has 3 aliphatic heterocycles. The van der Waals surface area contributed by atoms with Gasteiger partial charge >= 0.3 is 0 Å². The van der Waals surface area contributed by atoms with Gasteiger partial charge in [0.05, 0.1) is 35.2 Å². The van der Waals surface area contributed by atoms with Gasteiger partial charge in [-0.1, -0.05) is 18.9 Å². The minimum absolute atomic E-state index is 0.121. The van der Waals surface area contributed by atoms with E-state index in [0.29, 0.717) is 113 Å². The first-order valence-corrected chi connectivity index (χ1v) is 23.3. The number of rotatable bonds is 19. The lowest BCUT2D eigenvalue weighted by atomic mass is 9.86. The zero-order valence-electron chi connectivity index (χ0n) is 38.4. The molecule has 0 saturated carbocycles. The Labute approximate surface area is 395 Å². The highest BCUT2D eigenvalue weighted by Crippen LogP contribution is 2.33. The number of allylic oxidation sites excluding steroid dienone is 1. The van der Waals surface area contributed by atoms with E-state index in [0.717, 1.165) is 61.8 Å². The van der Waals surface area contributed by atoms with Crippen LogP contribution in [0, 0.1) is 23.0 Å². The van der Waals surface area contributed by atoms with Gasteiger partial charge in [-0.05, 0) is 93.6 Å². The lowest BCUT2D eigenvalue weighted by Crippen LogP contribution is -2.62. The van der Waals surface area contributed by atoms with Crippen LogP contribution in [-0.2, 0) is 14.4 Å². The molecule has 3 aliphatic rings. The molecule has 2 aromatic carbocycles. The van der Waals surface area contributed by atoms with Gasteiger partial charge in [0, 0.05) is 100 Å². The van der Waals surface area contributed by atoms with Crippen LogP contribution >= 0.6 is 0 Å². The van der Waals surface area contributed by atoms with E-state index in [2.05, 4.69) is 42.1 Å². The molecule has 18 heteroatoms. The van der Waals surface area contributed by atoms with Crippen LogP contribution in [0.15, 0.2) is 79.3 Å². The molecule has 2 aromatic heterocycles. The van der Waals surface area contributed by atoms with E-state index >= 15 is 0 Å². The molecule has 3 fully saturated rings. The van der Waals surface area contributed by atoms with E-state index < -0.39 is 29.1 Å². The number of amides is 4. The summed E-state index contributed by atoms with van der Waals surface area (Å²) in [5.74, 6) is -1.37. The molecule has 0 aliphatic carbocycles. The number of ether oxygens (including phenoxy) is 1. The van der Waals surface area contributed by atoms with Crippen LogP contribution < -0.4 is 36.6 Å². The molecule has 5 heterocycles. The SMILES string of the molecule is CCOc1cnc(C(C#N)=CN)c(-c2ccc(N3CCC(CN4CCN(C(=O)CCCCCCNc5cccc(NC6CCC(=O)NC6=O)c5)CC4)(NC(=O)c4cc(F)ccc4F)CC3)nc2)c1. The Kier molecular flexibility index (Phi) is 16.5. The highest BCUT2D eigenvalue weighted by Gasteiger charge is 2.39. The maximum atomic E-state index is 14.9. The highest BCUT2D eigenvalue weighted by molar-refractivity contribution is 6.01. The molecule has 1 atom stereocenters. The number of nitrogens with zero attached hydrogens (tertiary/aromatic N) is 6. The van der Waals surface area contributed by atoms with Crippen LogP contribution in [0.2, 0.25) is 0 Å². The van der Waals surface area contributed by atoms with Crippen LogP contribution in [0.1, 0.15) is 80.8 Å². The zero-order valence-corrected chi connectivity index (χ0v) is 38.4. The van der Waals surface area contributed by atoms with Gasteiger partial charge in [0.2, 0.25) is 17.7 Å². The van der Waals surface area contributed by atoms with Gasteiger partial charge in [-0.15, -0.1) is 0 Å². The van der Waals surface area contributed by atoms with Crippen LogP contribution in [-0.4, -0.2) is 114 Å². The molecule has 4 amide bonds. The second kappa shape index (κ2) is 23.1. The van der Waals surface area contributed by atoms with Crippen molar-refractivity contribution in [3.05, 3.63) is 102 Å². The number of nitrogens with two attached hydrogens (primary N) is 1. The lowest BCUT2D eigenvalue weighted by molar-refractivity contribution is -0.134. The van der Waals surface area contributed by atoms with Crippen molar-refractivity contribution >= 4 is 46.4 Å². The molecule has 358 valence electrons. The van der Waals surface area contributed by atoms with Gasteiger partial charge in [-0.3, -0.25) is 34.4 Å². The topological polar surface area (TPSA) is 211 Å². The molecule has 7 rings (SSSR count). The van der Waals surface area contributed by atoms with E-state index in [1.165, 1.54) is 6.20 Å². The number of imide groups is 1. The maximum Gasteiger partial charge on any atom is 0.254 e. The number of benzene rings is 2. The van der Waals surface area contributed by atoms with Crippen LogP contribution in [0.5, 0.6) is 5.75 Å². The number of piperazine rings is 1.